The second-order valence-electron chi connectivity index (χ2n) is 6.05. The average Bonchev–Trinajstić information content (AvgIpc) is 2.78. The van der Waals surface area contributed by atoms with Crippen LogP contribution in [0, 0.1) is 0 Å². The van der Waals surface area contributed by atoms with Gasteiger partial charge in [-0.15, -0.1) is 0 Å². The molecule has 0 radical (unpaired) electrons. The van der Waals surface area contributed by atoms with Crippen LogP contribution in [0.4, 0.5) is 0 Å². The number of nitrogens with one attached hydrogen (secondary N) is 1. The highest BCUT2D eigenvalue weighted by Gasteiger charge is 2.28. The van der Waals surface area contributed by atoms with E-state index in [2.05, 4.69) is 27.9 Å². The number of benzene rings is 1. The fourth-order valence-corrected chi connectivity index (χ4v) is 3.59. The number of nitrogens with zero attached hydrogens (tertiary/aromatic N) is 3. The minimum absolute atomic E-state index is 0.0336. The molecule has 3 heterocycles. The van der Waals surface area contributed by atoms with Crippen molar-refractivity contribution in [2.24, 2.45) is 0 Å². The smallest absolute Gasteiger partial charge is 0.306 e. The molecule has 1 fully saturated rings. The second-order valence-corrected chi connectivity index (χ2v) is 6.05. The average molecular weight is 272 g/mol. The number of hydrogen-bond acceptors (Lipinski definition) is 3. The van der Waals surface area contributed by atoms with Crippen molar-refractivity contribution in [2.45, 2.75) is 19.0 Å². The van der Waals surface area contributed by atoms with Crippen LogP contribution in [-0.4, -0.2) is 58.6 Å². The van der Waals surface area contributed by atoms with Crippen LogP contribution in [0.2, 0.25) is 0 Å². The Kier molecular flexibility index (Phi) is 2.72. The van der Waals surface area contributed by atoms with E-state index < -0.39 is 0 Å². The Morgan fingerprint density at radius 3 is 2.80 bits per heavy atom. The van der Waals surface area contributed by atoms with Gasteiger partial charge in [-0.05, 0) is 25.1 Å². The Balaban J connectivity index is 1.68. The molecule has 0 aliphatic carbocycles. The highest BCUT2D eigenvalue weighted by molar-refractivity contribution is 5.79. The molecule has 106 valence electrons. The van der Waals surface area contributed by atoms with Gasteiger partial charge in [0.2, 0.25) is 0 Å². The number of aromatic nitrogens is 2. The van der Waals surface area contributed by atoms with Crippen molar-refractivity contribution >= 4 is 11.0 Å². The normalized spacial score (nSPS) is 24.4. The first kappa shape index (κ1) is 12.2. The van der Waals surface area contributed by atoms with Gasteiger partial charge in [-0.25, -0.2) is 4.79 Å². The maximum absolute atomic E-state index is 12.1. The third-order valence-corrected chi connectivity index (χ3v) is 4.78. The first-order valence-corrected chi connectivity index (χ1v) is 7.35. The van der Waals surface area contributed by atoms with Crippen molar-refractivity contribution in [3.8, 4) is 0 Å². The van der Waals surface area contributed by atoms with Crippen LogP contribution < -0.4 is 5.69 Å². The molecule has 5 heteroatoms. The van der Waals surface area contributed by atoms with Gasteiger partial charge in [0.05, 0.1) is 11.0 Å². The lowest BCUT2D eigenvalue weighted by Crippen LogP contribution is -2.52. The van der Waals surface area contributed by atoms with Crippen molar-refractivity contribution in [2.75, 3.05) is 33.2 Å². The molecule has 0 bridgehead atoms. The van der Waals surface area contributed by atoms with E-state index in [9.17, 15) is 4.79 Å². The van der Waals surface area contributed by atoms with E-state index in [1.807, 2.05) is 16.7 Å². The summed E-state index contributed by atoms with van der Waals surface area (Å²) >= 11 is 0. The number of imidazole rings is 1. The SMILES string of the molecule is CN1CCN(C2Cc3cccc4[nH]c(=O)n(c34)C2)CC1. The molecule has 1 N–H and O–H groups in total. The van der Waals surface area contributed by atoms with Gasteiger partial charge in [0, 0.05) is 38.8 Å². The number of piperazine rings is 1. The number of H-pyrrole nitrogens is 1. The van der Waals surface area contributed by atoms with Gasteiger partial charge in [0.15, 0.2) is 0 Å². The van der Waals surface area contributed by atoms with Crippen molar-refractivity contribution in [1.29, 1.82) is 0 Å². The van der Waals surface area contributed by atoms with Crippen molar-refractivity contribution < 1.29 is 0 Å². The Morgan fingerprint density at radius 2 is 2.00 bits per heavy atom. The van der Waals surface area contributed by atoms with Gasteiger partial charge in [-0.3, -0.25) is 9.47 Å². The molecule has 1 aromatic carbocycles. The van der Waals surface area contributed by atoms with Crippen LogP contribution in [0.15, 0.2) is 23.0 Å². The molecule has 2 aliphatic rings. The molecule has 2 aromatic rings. The summed E-state index contributed by atoms with van der Waals surface area (Å²) in [7, 11) is 2.17. The topological polar surface area (TPSA) is 44.3 Å². The lowest BCUT2D eigenvalue weighted by molar-refractivity contribution is 0.1000. The maximum Gasteiger partial charge on any atom is 0.326 e. The third kappa shape index (κ3) is 1.81. The second kappa shape index (κ2) is 4.46. The van der Waals surface area contributed by atoms with E-state index in [0.29, 0.717) is 6.04 Å². The van der Waals surface area contributed by atoms with Crippen molar-refractivity contribution in [1.82, 2.24) is 19.4 Å². The quantitative estimate of drug-likeness (QED) is 0.822. The number of hydrogen-bond donors (Lipinski definition) is 1. The van der Waals surface area contributed by atoms with Crippen LogP contribution in [0.3, 0.4) is 0 Å². The van der Waals surface area contributed by atoms with Crippen LogP contribution in [0.1, 0.15) is 5.56 Å². The van der Waals surface area contributed by atoms with Crippen LogP contribution >= 0.6 is 0 Å². The molecule has 2 aliphatic heterocycles. The number of rotatable bonds is 1. The predicted molar refractivity (Wildman–Crippen MR) is 79.1 cm³/mol. The number of aromatic amines is 1. The van der Waals surface area contributed by atoms with Crippen LogP contribution in [0.25, 0.3) is 11.0 Å². The fourth-order valence-electron chi connectivity index (χ4n) is 3.59. The first-order valence-electron chi connectivity index (χ1n) is 7.35. The zero-order valence-corrected chi connectivity index (χ0v) is 11.8. The van der Waals surface area contributed by atoms with E-state index in [1.54, 1.807) is 0 Å². The first-order chi connectivity index (χ1) is 9.72. The summed E-state index contributed by atoms with van der Waals surface area (Å²) in [4.78, 5) is 20.0. The van der Waals surface area contributed by atoms with Gasteiger partial charge in [-0.1, -0.05) is 12.1 Å². The Bertz CT molecular complexity index is 693. The molecular formula is C15H20N4O. The zero-order valence-electron chi connectivity index (χ0n) is 11.8. The molecule has 20 heavy (non-hydrogen) atoms. The van der Waals surface area contributed by atoms with Gasteiger partial charge in [0.25, 0.3) is 0 Å². The van der Waals surface area contributed by atoms with E-state index in [0.717, 1.165) is 50.2 Å². The molecule has 1 unspecified atom stereocenters. The molecule has 4 rings (SSSR count). The van der Waals surface area contributed by atoms with E-state index in [1.165, 1.54) is 5.56 Å². The van der Waals surface area contributed by atoms with Gasteiger partial charge in [-0.2, -0.15) is 0 Å². The maximum atomic E-state index is 12.1. The van der Waals surface area contributed by atoms with Crippen LogP contribution in [-0.2, 0) is 13.0 Å². The molecule has 0 amide bonds. The van der Waals surface area contributed by atoms with E-state index in [4.69, 9.17) is 0 Å². The fraction of sp³-hybridized carbons (Fsp3) is 0.533. The highest BCUT2D eigenvalue weighted by atomic mass is 16.1. The predicted octanol–water partition coefficient (Wildman–Crippen LogP) is 0.502. The zero-order chi connectivity index (χ0) is 13.7. The monoisotopic (exact) mass is 272 g/mol. The molecular weight excluding hydrogens is 252 g/mol. The van der Waals surface area contributed by atoms with E-state index >= 15 is 0 Å². The lowest BCUT2D eigenvalue weighted by atomic mass is 9.99. The largest absolute Gasteiger partial charge is 0.326 e. The Hall–Kier alpha value is -1.59. The number of para-hydroxylation sites is 1. The molecule has 5 nitrogen and oxygen atoms in total. The molecule has 1 saturated heterocycles. The summed E-state index contributed by atoms with van der Waals surface area (Å²) in [5.74, 6) is 0. The molecule has 1 aromatic heterocycles. The third-order valence-electron chi connectivity index (χ3n) is 4.78. The van der Waals surface area contributed by atoms with Crippen molar-refractivity contribution in [3.63, 3.8) is 0 Å². The van der Waals surface area contributed by atoms with Gasteiger partial charge >= 0.3 is 5.69 Å². The molecule has 0 spiro atoms. The summed E-state index contributed by atoms with van der Waals surface area (Å²) in [6.07, 6.45) is 1.05. The highest BCUT2D eigenvalue weighted by Crippen LogP contribution is 2.25. The minimum atomic E-state index is 0.0336. The van der Waals surface area contributed by atoms with Crippen molar-refractivity contribution in [3.05, 3.63) is 34.2 Å². The van der Waals surface area contributed by atoms with Gasteiger partial charge < -0.3 is 9.88 Å². The Labute approximate surface area is 117 Å². The number of likely N-dealkylation sites (N-methyl/N-ethyl adjacent to an activating group) is 1. The lowest BCUT2D eigenvalue weighted by Gasteiger charge is -2.39. The summed E-state index contributed by atoms with van der Waals surface area (Å²) < 4.78 is 1.93. The summed E-state index contributed by atoms with van der Waals surface area (Å²) in [6.45, 7) is 5.27. The molecule has 1 atom stereocenters. The standard InChI is InChI=1S/C15H20N4O/c1-17-5-7-18(8-6-17)12-9-11-3-2-4-13-14(11)19(10-12)15(20)16-13/h2-4,12H,5-10H2,1H3,(H,16,20). The van der Waals surface area contributed by atoms with Gasteiger partial charge in [0.1, 0.15) is 0 Å². The summed E-state index contributed by atoms with van der Waals surface area (Å²) in [5, 5.41) is 0. The Morgan fingerprint density at radius 1 is 1.20 bits per heavy atom. The summed E-state index contributed by atoms with van der Waals surface area (Å²) in [6, 6.07) is 6.65. The van der Waals surface area contributed by atoms with Crippen LogP contribution in [0.5, 0.6) is 0 Å². The minimum Gasteiger partial charge on any atom is -0.306 e. The molecule has 0 saturated carbocycles. The summed E-state index contributed by atoms with van der Waals surface area (Å²) in [5.41, 5.74) is 3.43. The van der Waals surface area contributed by atoms with E-state index in [-0.39, 0.29) is 5.69 Å².